The Morgan fingerprint density at radius 2 is 1.76 bits per heavy atom. The zero-order valence-electron chi connectivity index (χ0n) is 13.8. The molecule has 1 atom stereocenters. The van der Waals surface area contributed by atoms with Crippen LogP contribution in [-0.2, 0) is 17.6 Å². The van der Waals surface area contributed by atoms with Gasteiger partial charge in [0.25, 0.3) is 5.91 Å². The van der Waals surface area contributed by atoms with Crippen molar-refractivity contribution in [2.24, 2.45) is 0 Å². The third-order valence-corrected chi connectivity index (χ3v) is 4.27. The van der Waals surface area contributed by atoms with Crippen molar-refractivity contribution in [2.75, 3.05) is 5.32 Å². The lowest BCUT2D eigenvalue weighted by Crippen LogP contribution is -2.34. The van der Waals surface area contributed by atoms with Gasteiger partial charge in [-0.15, -0.1) is 0 Å². The highest BCUT2D eigenvalue weighted by Crippen LogP contribution is 2.25. The first kappa shape index (κ1) is 17.1. The lowest BCUT2D eigenvalue weighted by atomic mass is 10.1. The van der Waals surface area contributed by atoms with Crippen LogP contribution in [0.1, 0.15) is 28.4 Å². The summed E-state index contributed by atoms with van der Waals surface area (Å²) < 4.78 is 0. The molecule has 0 aliphatic heterocycles. The van der Waals surface area contributed by atoms with Gasteiger partial charge in [0, 0.05) is 24.2 Å². The fourth-order valence-electron chi connectivity index (χ4n) is 3.01. The van der Waals surface area contributed by atoms with Crippen molar-refractivity contribution >= 4 is 34.8 Å². The summed E-state index contributed by atoms with van der Waals surface area (Å²) in [5.41, 5.74) is 3.78. The molecular weight excluding hydrogens is 334 g/mol. The number of carbonyl (C=O) groups is 2. The molecule has 0 heterocycles. The molecule has 3 rings (SSSR count). The molecule has 0 saturated carbocycles. The van der Waals surface area contributed by atoms with E-state index in [1.165, 1.54) is 18.1 Å². The predicted molar refractivity (Wildman–Crippen MR) is 102 cm³/mol. The van der Waals surface area contributed by atoms with E-state index >= 15 is 0 Å². The highest BCUT2D eigenvalue weighted by molar-refractivity contribution is 7.80. The fraction of sp³-hybridized carbons (Fsp3) is 0.211. The SMILES string of the molecule is CC(=O)NC1Cc2ccc(NC(=S)NC(=O)c3ccccc3)cc2C1. The summed E-state index contributed by atoms with van der Waals surface area (Å²) in [6, 6.07) is 15.0. The molecule has 0 bridgehead atoms. The van der Waals surface area contributed by atoms with Gasteiger partial charge in [0.1, 0.15) is 0 Å². The minimum absolute atomic E-state index is 0.0130. The van der Waals surface area contributed by atoms with Crippen LogP contribution in [0.4, 0.5) is 5.69 Å². The number of carbonyl (C=O) groups excluding carboxylic acids is 2. The molecule has 0 spiro atoms. The lowest BCUT2D eigenvalue weighted by Gasteiger charge is -2.11. The van der Waals surface area contributed by atoms with E-state index in [2.05, 4.69) is 16.0 Å². The van der Waals surface area contributed by atoms with Crippen LogP contribution in [0.15, 0.2) is 48.5 Å². The maximum Gasteiger partial charge on any atom is 0.257 e. The zero-order chi connectivity index (χ0) is 17.8. The van der Waals surface area contributed by atoms with Crippen molar-refractivity contribution in [3.63, 3.8) is 0 Å². The molecular formula is C19H19N3O2S. The van der Waals surface area contributed by atoms with Gasteiger partial charge in [-0.05, 0) is 60.5 Å². The summed E-state index contributed by atoms with van der Waals surface area (Å²) in [6.45, 7) is 1.53. The Bertz CT molecular complexity index is 821. The van der Waals surface area contributed by atoms with Crippen molar-refractivity contribution in [2.45, 2.75) is 25.8 Å². The Labute approximate surface area is 151 Å². The van der Waals surface area contributed by atoms with E-state index in [1.54, 1.807) is 24.3 Å². The first-order valence-corrected chi connectivity index (χ1v) is 8.48. The minimum atomic E-state index is -0.245. The molecule has 2 amide bonds. The van der Waals surface area contributed by atoms with Crippen LogP contribution in [0.25, 0.3) is 0 Å². The average molecular weight is 353 g/mol. The van der Waals surface area contributed by atoms with Gasteiger partial charge in [-0.3, -0.25) is 14.9 Å². The van der Waals surface area contributed by atoms with Crippen LogP contribution in [0.5, 0.6) is 0 Å². The summed E-state index contributed by atoms with van der Waals surface area (Å²) in [5, 5.41) is 8.92. The highest BCUT2D eigenvalue weighted by Gasteiger charge is 2.22. The Kier molecular flexibility index (Phi) is 5.09. The largest absolute Gasteiger partial charge is 0.353 e. The topological polar surface area (TPSA) is 70.2 Å². The fourth-order valence-corrected chi connectivity index (χ4v) is 3.22. The molecule has 6 heteroatoms. The second-order valence-electron chi connectivity index (χ2n) is 6.06. The lowest BCUT2D eigenvalue weighted by molar-refractivity contribution is -0.119. The van der Waals surface area contributed by atoms with Gasteiger partial charge in [0.05, 0.1) is 0 Å². The van der Waals surface area contributed by atoms with Crippen LogP contribution in [0.3, 0.4) is 0 Å². The predicted octanol–water partition coefficient (Wildman–Crippen LogP) is 2.42. The number of hydrogen-bond donors (Lipinski definition) is 3. The van der Waals surface area contributed by atoms with E-state index in [0.717, 1.165) is 18.5 Å². The maximum atomic E-state index is 12.1. The highest BCUT2D eigenvalue weighted by atomic mass is 32.1. The third-order valence-electron chi connectivity index (χ3n) is 4.07. The number of rotatable bonds is 3. The smallest absolute Gasteiger partial charge is 0.257 e. The van der Waals surface area contributed by atoms with E-state index in [9.17, 15) is 9.59 Å². The minimum Gasteiger partial charge on any atom is -0.353 e. The zero-order valence-corrected chi connectivity index (χ0v) is 14.7. The number of fused-ring (bicyclic) bond motifs is 1. The van der Waals surface area contributed by atoms with Gasteiger partial charge in [0.15, 0.2) is 5.11 Å². The molecule has 0 radical (unpaired) electrons. The number of amides is 2. The van der Waals surface area contributed by atoms with Crippen LogP contribution >= 0.6 is 12.2 Å². The third kappa shape index (κ3) is 4.42. The Morgan fingerprint density at radius 1 is 1.04 bits per heavy atom. The molecule has 1 unspecified atom stereocenters. The Balaban J connectivity index is 1.60. The van der Waals surface area contributed by atoms with E-state index in [1.807, 2.05) is 24.3 Å². The van der Waals surface area contributed by atoms with E-state index < -0.39 is 0 Å². The van der Waals surface area contributed by atoms with Gasteiger partial charge >= 0.3 is 0 Å². The van der Waals surface area contributed by atoms with Crippen molar-refractivity contribution in [3.8, 4) is 0 Å². The Morgan fingerprint density at radius 3 is 2.48 bits per heavy atom. The molecule has 2 aromatic carbocycles. The van der Waals surface area contributed by atoms with E-state index in [4.69, 9.17) is 12.2 Å². The molecule has 128 valence electrons. The summed E-state index contributed by atoms with van der Waals surface area (Å²) >= 11 is 5.22. The number of anilines is 1. The van der Waals surface area contributed by atoms with Crippen LogP contribution in [0.2, 0.25) is 0 Å². The van der Waals surface area contributed by atoms with Gasteiger partial charge in [-0.2, -0.15) is 0 Å². The quantitative estimate of drug-likeness (QED) is 0.741. The van der Waals surface area contributed by atoms with Crippen molar-refractivity contribution in [3.05, 3.63) is 65.2 Å². The molecule has 0 saturated heterocycles. The number of nitrogens with one attached hydrogen (secondary N) is 3. The van der Waals surface area contributed by atoms with Gasteiger partial charge < -0.3 is 10.6 Å². The molecule has 5 nitrogen and oxygen atoms in total. The summed E-state index contributed by atoms with van der Waals surface area (Å²) in [7, 11) is 0. The molecule has 2 aromatic rings. The standard InChI is InChI=1S/C19H19N3O2S/c1-12(23)20-17-9-14-7-8-16(10-15(14)11-17)21-19(25)22-18(24)13-5-3-2-4-6-13/h2-8,10,17H,9,11H2,1H3,(H,20,23)(H2,21,22,24,25). The van der Waals surface area contributed by atoms with Crippen LogP contribution in [0, 0.1) is 0 Å². The number of benzene rings is 2. The van der Waals surface area contributed by atoms with Crippen molar-refractivity contribution < 1.29 is 9.59 Å². The summed E-state index contributed by atoms with van der Waals surface area (Å²) in [4.78, 5) is 23.3. The monoisotopic (exact) mass is 353 g/mol. The normalized spacial score (nSPS) is 15.2. The first-order valence-electron chi connectivity index (χ1n) is 8.07. The second kappa shape index (κ2) is 7.44. The van der Waals surface area contributed by atoms with Gasteiger partial charge in [-0.1, -0.05) is 24.3 Å². The average Bonchev–Trinajstić information content (AvgIpc) is 2.96. The molecule has 3 N–H and O–H groups in total. The maximum absolute atomic E-state index is 12.1. The van der Waals surface area contributed by atoms with Crippen LogP contribution in [-0.4, -0.2) is 23.0 Å². The molecule has 1 aliphatic rings. The number of hydrogen-bond acceptors (Lipinski definition) is 3. The first-order chi connectivity index (χ1) is 12.0. The molecule has 0 fully saturated rings. The molecule has 25 heavy (non-hydrogen) atoms. The Hall–Kier alpha value is -2.73. The van der Waals surface area contributed by atoms with Crippen molar-refractivity contribution in [1.29, 1.82) is 0 Å². The molecule has 0 aromatic heterocycles. The summed E-state index contributed by atoms with van der Waals surface area (Å²) in [5.74, 6) is -0.258. The second-order valence-corrected chi connectivity index (χ2v) is 6.47. The van der Waals surface area contributed by atoms with Crippen molar-refractivity contribution in [1.82, 2.24) is 10.6 Å². The van der Waals surface area contributed by atoms with Crippen LogP contribution < -0.4 is 16.0 Å². The van der Waals surface area contributed by atoms with Gasteiger partial charge in [-0.25, -0.2) is 0 Å². The van der Waals surface area contributed by atoms with E-state index in [-0.39, 0.29) is 23.0 Å². The molecule has 1 aliphatic carbocycles. The number of thiocarbonyl (C=S) groups is 1. The summed E-state index contributed by atoms with van der Waals surface area (Å²) in [6.07, 6.45) is 1.64. The van der Waals surface area contributed by atoms with Gasteiger partial charge in [0.2, 0.25) is 5.91 Å². The van der Waals surface area contributed by atoms with E-state index in [0.29, 0.717) is 5.56 Å².